The molecule has 0 radical (unpaired) electrons. The predicted octanol–water partition coefficient (Wildman–Crippen LogP) is 5.97. The highest BCUT2D eigenvalue weighted by Gasteiger charge is 2.06. The van der Waals surface area contributed by atoms with Crippen molar-refractivity contribution in [1.29, 1.82) is 0 Å². The Labute approximate surface area is 127 Å². The quantitative estimate of drug-likeness (QED) is 0.326. The third kappa shape index (κ3) is 14.1. The maximum absolute atomic E-state index is 8.65. The lowest BCUT2D eigenvalue weighted by molar-refractivity contribution is 0.342. The molecule has 0 aromatic heterocycles. The fourth-order valence-electron chi connectivity index (χ4n) is 2.75. The summed E-state index contributed by atoms with van der Waals surface area (Å²) in [6, 6.07) is 0. The third-order valence-electron chi connectivity index (χ3n) is 4.21. The largest absolute Gasteiger partial charge is 0.392 e. The maximum atomic E-state index is 8.65. The molecule has 0 unspecified atom stereocenters. The number of aliphatic hydroxyl groups excluding tert-OH is 1. The Hall–Kier alpha value is -0.300. The van der Waals surface area contributed by atoms with Crippen LogP contribution in [0.5, 0.6) is 0 Å². The van der Waals surface area contributed by atoms with Crippen molar-refractivity contribution in [2.24, 2.45) is 17.8 Å². The molecule has 0 saturated carbocycles. The van der Waals surface area contributed by atoms with Crippen LogP contribution in [0, 0.1) is 17.8 Å². The molecule has 0 amide bonds. The van der Waals surface area contributed by atoms with Crippen LogP contribution in [0.15, 0.2) is 12.2 Å². The third-order valence-corrected chi connectivity index (χ3v) is 4.21. The SMILES string of the molecule is CC(C)CCC[C@@H](C)CCC[C@@H](C)CCC/C=C/CO. The van der Waals surface area contributed by atoms with E-state index in [1.165, 1.54) is 51.4 Å². The fraction of sp³-hybridized carbons (Fsp3) is 0.895. The molecule has 0 saturated heterocycles. The van der Waals surface area contributed by atoms with Crippen LogP contribution in [0.3, 0.4) is 0 Å². The van der Waals surface area contributed by atoms with Gasteiger partial charge in [0.15, 0.2) is 0 Å². The standard InChI is InChI=1S/C19H38O/c1-17(2)11-9-13-19(4)15-10-14-18(3)12-7-5-6-8-16-20/h6,8,17-20H,5,7,9-16H2,1-4H3/b8-6+/t18-,19+/m0/s1. The second kappa shape index (κ2) is 13.7. The van der Waals surface area contributed by atoms with Gasteiger partial charge < -0.3 is 5.11 Å². The van der Waals surface area contributed by atoms with Crippen LogP contribution in [0.1, 0.15) is 85.5 Å². The Morgan fingerprint density at radius 2 is 1.20 bits per heavy atom. The molecule has 0 spiro atoms. The van der Waals surface area contributed by atoms with Crippen LogP contribution in [-0.4, -0.2) is 11.7 Å². The summed E-state index contributed by atoms with van der Waals surface area (Å²) in [7, 11) is 0. The highest BCUT2D eigenvalue weighted by Crippen LogP contribution is 2.21. The predicted molar refractivity (Wildman–Crippen MR) is 90.9 cm³/mol. The summed E-state index contributed by atoms with van der Waals surface area (Å²) >= 11 is 0. The Kier molecular flexibility index (Phi) is 13.5. The minimum Gasteiger partial charge on any atom is -0.392 e. The maximum Gasteiger partial charge on any atom is 0.0612 e. The summed E-state index contributed by atoms with van der Waals surface area (Å²) in [6.45, 7) is 9.64. The van der Waals surface area contributed by atoms with Gasteiger partial charge in [-0.1, -0.05) is 84.8 Å². The second-order valence-corrected chi connectivity index (χ2v) is 7.05. The van der Waals surface area contributed by atoms with E-state index >= 15 is 0 Å². The molecule has 1 N–H and O–H groups in total. The topological polar surface area (TPSA) is 20.2 Å². The van der Waals surface area contributed by atoms with Gasteiger partial charge in [-0.05, 0) is 30.6 Å². The first-order valence-corrected chi connectivity index (χ1v) is 8.82. The van der Waals surface area contributed by atoms with E-state index in [9.17, 15) is 0 Å². The van der Waals surface area contributed by atoms with Crippen molar-refractivity contribution >= 4 is 0 Å². The van der Waals surface area contributed by atoms with Gasteiger partial charge in [0, 0.05) is 0 Å². The summed E-state index contributed by atoms with van der Waals surface area (Å²) in [6.07, 6.45) is 16.1. The van der Waals surface area contributed by atoms with Crippen molar-refractivity contribution in [1.82, 2.24) is 0 Å². The lowest BCUT2D eigenvalue weighted by Gasteiger charge is -2.14. The van der Waals surface area contributed by atoms with Crippen molar-refractivity contribution in [3.63, 3.8) is 0 Å². The average Bonchev–Trinajstić information content (AvgIpc) is 2.38. The zero-order valence-electron chi connectivity index (χ0n) is 14.4. The van der Waals surface area contributed by atoms with Crippen LogP contribution in [0.2, 0.25) is 0 Å². The molecule has 0 heterocycles. The van der Waals surface area contributed by atoms with Crippen LogP contribution >= 0.6 is 0 Å². The zero-order chi connectivity index (χ0) is 15.2. The Morgan fingerprint density at radius 3 is 1.70 bits per heavy atom. The van der Waals surface area contributed by atoms with E-state index in [0.717, 1.165) is 24.2 Å². The van der Waals surface area contributed by atoms with E-state index in [1.807, 2.05) is 6.08 Å². The monoisotopic (exact) mass is 282 g/mol. The molecule has 0 aliphatic heterocycles. The number of allylic oxidation sites excluding steroid dienone is 1. The van der Waals surface area contributed by atoms with Crippen molar-refractivity contribution in [2.45, 2.75) is 85.5 Å². The number of unbranched alkanes of at least 4 members (excludes halogenated alkanes) is 1. The molecule has 0 aliphatic carbocycles. The van der Waals surface area contributed by atoms with Crippen molar-refractivity contribution in [3.05, 3.63) is 12.2 Å². The fourth-order valence-corrected chi connectivity index (χ4v) is 2.75. The first-order valence-electron chi connectivity index (χ1n) is 8.82. The normalized spacial score (nSPS) is 15.1. The molecule has 2 atom stereocenters. The van der Waals surface area contributed by atoms with Gasteiger partial charge in [0.1, 0.15) is 0 Å². The molecule has 20 heavy (non-hydrogen) atoms. The van der Waals surface area contributed by atoms with Gasteiger partial charge in [-0.15, -0.1) is 0 Å². The highest BCUT2D eigenvalue weighted by molar-refractivity contribution is 4.80. The van der Waals surface area contributed by atoms with Gasteiger partial charge in [-0.3, -0.25) is 0 Å². The number of hydrogen-bond donors (Lipinski definition) is 1. The number of aliphatic hydroxyl groups is 1. The second-order valence-electron chi connectivity index (χ2n) is 7.05. The van der Waals surface area contributed by atoms with E-state index in [1.54, 1.807) is 0 Å². The summed E-state index contributed by atoms with van der Waals surface area (Å²) < 4.78 is 0. The summed E-state index contributed by atoms with van der Waals surface area (Å²) in [5.41, 5.74) is 0. The van der Waals surface area contributed by atoms with Crippen molar-refractivity contribution < 1.29 is 5.11 Å². The summed E-state index contributed by atoms with van der Waals surface area (Å²) in [5, 5.41) is 8.65. The van der Waals surface area contributed by atoms with Crippen LogP contribution in [0.25, 0.3) is 0 Å². The van der Waals surface area contributed by atoms with Gasteiger partial charge in [0.25, 0.3) is 0 Å². The average molecular weight is 283 g/mol. The van der Waals surface area contributed by atoms with E-state index in [4.69, 9.17) is 5.11 Å². The highest BCUT2D eigenvalue weighted by atomic mass is 16.2. The van der Waals surface area contributed by atoms with Gasteiger partial charge >= 0.3 is 0 Å². The minimum atomic E-state index is 0.185. The molecule has 0 rings (SSSR count). The molecule has 0 aliphatic rings. The van der Waals surface area contributed by atoms with Crippen LogP contribution in [0.4, 0.5) is 0 Å². The molecule has 0 fully saturated rings. The Bertz CT molecular complexity index is 220. The zero-order valence-corrected chi connectivity index (χ0v) is 14.4. The number of hydrogen-bond acceptors (Lipinski definition) is 1. The van der Waals surface area contributed by atoms with E-state index in [-0.39, 0.29) is 6.61 Å². The molecular weight excluding hydrogens is 244 g/mol. The molecule has 0 aromatic rings. The smallest absolute Gasteiger partial charge is 0.0612 e. The minimum absolute atomic E-state index is 0.185. The molecule has 1 heteroatoms. The van der Waals surface area contributed by atoms with Gasteiger partial charge in [0.05, 0.1) is 6.61 Å². The first-order chi connectivity index (χ1) is 9.56. The van der Waals surface area contributed by atoms with Crippen LogP contribution in [-0.2, 0) is 0 Å². The Balaban J connectivity index is 3.41. The van der Waals surface area contributed by atoms with Crippen molar-refractivity contribution in [3.8, 4) is 0 Å². The summed E-state index contributed by atoms with van der Waals surface area (Å²) in [5.74, 6) is 2.64. The molecule has 120 valence electrons. The van der Waals surface area contributed by atoms with Gasteiger partial charge in [-0.25, -0.2) is 0 Å². The van der Waals surface area contributed by atoms with Gasteiger partial charge in [0.2, 0.25) is 0 Å². The van der Waals surface area contributed by atoms with Gasteiger partial charge in [-0.2, -0.15) is 0 Å². The van der Waals surface area contributed by atoms with Crippen LogP contribution < -0.4 is 0 Å². The first kappa shape index (κ1) is 19.7. The van der Waals surface area contributed by atoms with E-state index in [0.29, 0.717) is 0 Å². The van der Waals surface area contributed by atoms with Crippen molar-refractivity contribution in [2.75, 3.05) is 6.61 Å². The molecular formula is C19H38O. The lowest BCUT2D eigenvalue weighted by Crippen LogP contribution is -2.00. The molecule has 0 aromatic carbocycles. The van der Waals surface area contributed by atoms with E-state index < -0.39 is 0 Å². The van der Waals surface area contributed by atoms with E-state index in [2.05, 4.69) is 33.8 Å². The lowest BCUT2D eigenvalue weighted by atomic mass is 9.92. The molecule has 1 nitrogen and oxygen atoms in total. The number of rotatable bonds is 13. The Morgan fingerprint density at radius 1 is 0.700 bits per heavy atom. The molecule has 0 bridgehead atoms. The summed E-state index contributed by atoms with van der Waals surface area (Å²) in [4.78, 5) is 0.